The second-order valence-electron chi connectivity index (χ2n) is 5.18. The van der Waals surface area contributed by atoms with Crippen LogP contribution >= 0.6 is 11.8 Å². The van der Waals surface area contributed by atoms with Gasteiger partial charge in [-0.25, -0.2) is 4.98 Å². The molecule has 20 heavy (non-hydrogen) atoms. The summed E-state index contributed by atoms with van der Waals surface area (Å²) in [5.74, 6) is 0.619. The normalized spacial score (nSPS) is 12.8. The molecule has 2 rings (SSSR count). The number of para-hydroxylation sites is 2. The summed E-state index contributed by atoms with van der Waals surface area (Å²) in [6.07, 6.45) is 0.992. The lowest BCUT2D eigenvalue weighted by Crippen LogP contribution is -2.32. The zero-order valence-corrected chi connectivity index (χ0v) is 12.9. The first kappa shape index (κ1) is 14.9. The molecule has 1 aromatic carbocycles. The zero-order chi connectivity index (χ0) is 14.5. The Kier molecular flexibility index (Phi) is 5.06. The Morgan fingerprint density at radius 2 is 2.10 bits per heavy atom. The number of hydrogen-bond donors (Lipinski definition) is 1. The van der Waals surface area contributed by atoms with Gasteiger partial charge in [-0.3, -0.25) is 4.79 Å². The predicted octanol–water partition coefficient (Wildman–Crippen LogP) is 3.47. The van der Waals surface area contributed by atoms with Gasteiger partial charge in [-0.2, -0.15) is 0 Å². The minimum atomic E-state index is -0.213. The Hall–Kier alpha value is -1.49. The number of thioether (sulfide) groups is 1. The number of benzene rings is 1. The van der Waals surface area contributed by atoms with Gasteiger partial charge in [-0.15, -0.1) is 0 Å². The van der Waals surface area contributed by atoms with E-state index < -0.39 is 0 Å². The van der Waals surface area contributed by atoms with Gasteiger partial charge in [-0.05, 0) is 31.4 Å². The molecule has 1 unspecified atom stereocenters. The van der Waals surface area contributed by atoms with E-state index in [-0.39, 0.29) is 11.2 Å². The molecule has 0 aliphatic heterocycles. The summed E-state index contributed by atoms with van der Waals surface area (Å²) < 4.78 is 5.60. The molecule has 0 bridgehead atoms. The van der Waals surface area contributed by atoms with Crippen molar-refractivity contribution in [2.24, 2.45) is 5.92 Å². The number of hydrogen-bond acceptors (Lipinski definition) is 4. The Morgan fingerprint density at radius 1 is 1.35 bits per heavy atom. The first-order valence-electron chi connectivity index (χ1n) is 6.86. The van der Waals surface area contributed by atoms with Gasteiger partial charge in [0, 0.05) is 6.54 Å². The molecule has 0 radical (unpaired) electrons. The quantitative estimate of drug-likeness (QED) is 0.828. The third kappa shape index (κ3) is 4.00. The Labute approximate surface area is 123 Å². The van der Waals surface area contributed by atoms with Crippen molar-refractivity contribution in [2.75, 3.05) is 6.54 Å². The molecule has 0 saturated heterocycles. The summed E-state index contributed by atoms with van der Waals surface area (Å²) in [7, 11) is 0. The summed E-state index contributed by atoms with van der Waals surface area (Å²) in [4.78, 5) is 16.3. The number of fused-ring (bicyclic) bond motifs is 1. The molecular formula is C15H20N2O2S. The highest BCUT2D eigenvalue weighted by atomic mass is 32.2. The fourth-order valence-electron chi connectivity index (χ4n) is 1.73. The van der Waals surface area contributed by atoms with Gasteiger partial charge in [-0.1, -0.05) is 37.7 Å². The Bertz CT molecular complexity index is 547. The molecule has 2 aromatic rings. The summed E-state index contributed by atoms with van der Waals surface area (Å²) in [6.45, 7) is 6.87. The first-order valence-corrected chi connectivity index (χ1v) is 7.74. The van der Waals surface area contributed by atoms with E-state index in [1.54, 1.807) is 0 Å². The van der Waals surface area contributed by atoms with E-state index in [4.69, 9.17) is 4.42 Å². The third-order valence-corrected chi connectivity index (χ3v) is 3.89. The van der Waals surface area contributed by atoms with Crippen molar-refractivity contribution < 1.29 is 9.21 Å². The largest absolute Gasteiger partial charge is 0.431 e. The molecule has 1 N–H and O–H groups in total. The Balaban J connectivity index is 1.90. The van der Waals surface area contributed by atoms with Crippen molar-refractivity contribution in [1.29, 1.82) is 0 Å². The van der Waals surface area contributed by atoms with Crippen LogP contribution in [0.4, 0.5) is 0 Å². The van der Waals surface area contributed by atoms with Crippen molar-refractivity contribution in [2.45, 2.75) is 37.7 Å². The molecule has 0 fully saturated rings. The molecule has 1 heterocycles. The molecule has 0 aliphatic carbocycles. The van der Waals surface area contributed by atoms with Gasteiger partial charge >= 0.3 is 0 Å². The van der Waals surface area contributed by atoms with Crippen LogP contribution in [0.2, 0.25) is 0 Å². The molecular weight excluding hydrogens is 272 g/mol. The van der Waals surface area contributed by atoms with Crippen molar-refractivity contribution >= 4 is 28.8 Å². The number of carbonyl (C=O) groups is 1. The van der Waals surface area contributed by atoms with E-state index in [0.29, 0.717) is 11.1 Å². The van der Waals surface area contributed by atoms with Crippen molar-refractivity contribution in [3.05, 3.63) is 24.3 Å². The lowest BCUT2D eigenvalue weighted by atomic mass is 10.1. The minimum Gasteiger partial charge on any atom is -0.431 e. The fourth-order valence-corrected chi connectivity index (χ4v) is 2.52. The van der Waals surface area contributed by atoms with Crippen LogP contribution in [0.1, 0.15) is 27.2 Å². The maximum atomic E-state index is 11.9. The van der Waals surface area contributed by atoms with E-state index in [2.05, 4.69) is 24.1 Å². The van der Waals surface area contributed by atoms with Crippen LogP contribution in [-0.2, 0) is 4.79 Å². The summed E-state index contributed by atoms with van der Waals surface area (Å²) in [5, 5.41) is 3.27. The van der Waals surface area contributed by atoms with E-state index >= 15 is 0 Å². The van der Waals surface area contributed by atoms with Crippen LogP contribution in [0.15, 0.2) is 33.9 Å². The number of aromatic nitrogens is 1. The number of nitrogens with one attached hydrogen (secondary N) is 1. The monoisotopic (exact) mass is 292 g/mol. The van der Waals surface area contributed by atoms with E-state index in [1.807, 2.05) is 31.2 Å². The topological polar surface area (TPSA) is 55.1 Å². The second-order valence-corrected chi connectivity index (χ2v) is 6.47. The van der Waals surface area contributed by atoms with Crippen molar-refractivity contribution in [1.82, 2.24) is 10.3 Å². The van der Waals surface area contributed by atoms with Crippen LogP contribution in [0, 0.1) is 5.92 Å². The highest BCUT2D eigenvalue weighted by Gasteiger charge is 2.17. The summed E-state index contributed by atoms with van der Waals surface area (Å²) in [6, 6.07) is 7.60. The van der Waals surface area contributed by atoms with Crippen molar-refractivity contribution in [3.63, 3.8) is 0 Å². The number of nitrogens with zero attached hydrogens (tertiary/aromatic N) is 1. The Morgan fingerprint density at radius 3 is 2.80 bits per heavy atom. The molecule has 0 saturated carbocycles. The maximum Gasteiger partial charge on any atom is 0.257 e. The molecule has 1 amide bonds. The molecule has 1 aromatic heterocycles. The molecule has 5 heteroatoms. The predicted molar refractivity (Wildman–Crippen MR) is 81.8 cm³/mol. The minimum absolute atomic E-state index is 0.0258. The molecule has 0 aliphatic rings. The highest BCUT2D eigenvalue weighted by molar-refractivity contribution is 8.00. The van der Waals surface area contributed by atoms with E-state index in [9.17, 15) is 4.79 Å². The van der Waals surface area contributed by atoms with Crippen LogP contribution < -0.4 is 5.32 Å². The van der Waals surface area contributed by atoms with E-state index in [1.165, 1.54) is 11.8 Å². The smallest absolute Gasteiger partial charge is 0.257 e. The average molecular weight is 292 g/mol. The molecule has 0 spiro atoms. The SMILES string of the molecule is CC(C)CCNC(=O)C(C)Sc1nc2ccccc2o1. The van der Waals surface area contributed by atoms with Gasteiger partial charge < -0.3 is 9.73 Å². The molecule has 1 atom stereocenters. The number of amides is 1. The lowest BCUT2D eigenvalue weighted by molar-refractivity contribution is -0.120. The summed E-state index contributed by atoms with van der Waals surface area (Å²) >= 11 is 1.35. The summed E-state index contributed by atoms with van der Waals surface area (Å²) in [5.41, 5.74) is 1.57. The van der Waals surface area contributed by atoms with Crippen LogP contribution in [-0.4, -0.2) is 22.7 Å². The van der Waals surface area contributed by atoms with Crippen LogP contribution in [0.5, 0.6) is 0 Å². The third-order valence-electron chi connectivity index (χ3n) is 2.94. The average Bonchev–Trinajstić information content (AvgIpc) is 2.80. The zero-order valence-electron chi connectivity index (χ0n) is 12.1. The number of oxazole rings is 1. The maximum absolute atomic E-state index is 11.9. The molecule has 4 nitrogen and oxygen atoms in total. The van der Waals surface area contributed by atoms with Crippen LogP contribution in [0.3, 0.4) is 0 Å². The van der Waals surface area contributed by atoms with Crippen LogP contribution in [0.25, 0.3) is 11.1 Å². The van der Waals surface area contributed by atoms with Gasteiger partial charge in [0.25, 0.3) is 5.22 Å². The van der Waals surface area contributed by atoms with Crippen molar-refractivity contribution in [3.8, 4) is 0 Å². The highest BCUT2D eigenvalue weighted by Crippen LogP contribution is 2.26. The van der Waals surface area contributed by atoms with Gasteiger partial charge in [0.05, 0.1) is 5.25 Å². The first-order chi connectivity index (χ1) is 9.56. The fraction of sp³-hybridized carbons (Fsp3) is 0.467. The molecule has 108 valence electrons. The van der Waals surface area contributed by atoms with Gasteiger partial charge in [0.1, 0.15) is 5.52 Å². The van der Waals surface area contributed by atoms with Gasteiger partial charge in [0.2, 0.25) is 5.91 Å². The number of rotatable bonds is 6. The second kappa shape index (κ2) is 6.79. The lowest BCUT2D eigenvalue weighted by Gasteiger charge is -2.10. The standard InChI is InChI=1S/C15H20N2O2S/c1-10(2)8-9-16-14(18)11(3)20-15-17-12-6-4-5-7-13(12)19-15/h4-7,10-11H,8-9H2,1-3H3,(H,16,18). The van der Waals surface area contributed by atoms with E-state index in [0.717, 1.165) is 24.1 Å². The number of carbonyl (C=O) groups excluding carboxylic acids is 1. The van der Waals surface area contributed by atoms with Gasteiger partial charge in [0.15, 0.2) is 5.58 Å².